The first-order valence-electron chi connectivity index (χ1n) is 4.77. The summed E-state index contributed by atoms with van der Waals surface area (Å²) in [6, 6.07) is 4.15. The van der Waals surface area contributed by atoms with Gasteiger partial charge in [0.15, 0.2) is 0 Å². The van der Waals surface area contributed by atoms with Gasteiger partial charge in [-0.2, -0.15) is 0 Å². The highest BCUT2D eigenvalue weighted by Crippen LogP contribution is 2.10. The van der Waals surface area contributed by atoms with Gasteiger partial charge < -0.3 is 10.4 Å². The van der Waals surface area contributed by atoms with Crippen LogP contribution >= 0.6 is 0 Å². The van der Waals surface area contributed by atoms with Crippen molar-refractivity contribution in [2.45, 2.75) is 6.42 Å². The summed E-state index contributed by atoms with van der Waals surface area (Å²) in [5.41, 5.74) is 0.775. The van der Waals surface area contributed by atoms with Crippen molar-refractivity contribution >= 4 is 5.97 Å². The Morgan fingerprint density at radius 3 is 2.94 bits per heavy atom. The molecule has 0 saturated carbocycles. The zero-order valence-corrected chi connectivity index (χ0v) is 8.88. The quantitative estimate of drug-likeness (QED) is 0.749. The second-order valence-electron chi connectivity index (χ2n) is 3.22. The second kappa shape index (κ2) is 5.89. The topological polar surface area (TPSA) is 49.3 Å². The van der Waals surface area contributed by atoms with E-state index in [0.717, 1.165) is 0 Å². The van der Waals surface area contributed by atoms with Gasteiger partial charge in [0, 0.05) is 0 Å². The van der Waals surface area contributed by atoms with Crippen LogP contribution in [0, 0.1) is 17.7 Å². The Morgan fingerprint density at radius 2 is 2.31 bits per heavy atom. The summed E-state index contributed by atoms with van der Waals surface area (Å²) in [4.78, 5) is 10.5. The highest BCUT2D eigenvalue weighted by atomic mass is 19.1. The average Bonchev–Trinajstić information content (AvgIpc) is 2.22. The van der Waals surface area contributed by atoms with E-state index in [1.807, 2.05) is 0 Å². The molecule has 0 aromatic heterocycles. The van der Waals surface area contributed by atoms with Crippen molar-refractivity contribution in [1.82, 2.24) is 5.32 Å². The zero-order valence-electron chi connectivity index (χ0n) is 8.88. The molecule has 1 rings (SSSR count). The molecular weight excluding hydrogens is 209 g/mol. The lowest BCUT2D eigenvalue weighted by Gasteiger charge is -1.99. The molecule has 84 valence electrons. The maximum absolute atomic E-state index is 13.3. The molecule has 1 aromatic carbocycles. The highest BCUT2D eigenvalue weighted by Gasteiger charge is 2.04. The lowest BCUT2D eigenvalue weighted by atomic mass is 10.1. The number of benzene rings is 1. The first-order valence-corrected chi connectivity index (χ1v) is 4.77. The molecule has 0 saturated heterocycles. The van der Waals surface area contributed by atoms with Crippen molar-refractivity contribution in [1.29, 1.82) is 0 Å². The van der Waals surface area contributed by atoms with Crippen LogP contribution in [0.25, 0.3) is 0 Å². The maximum Gasteiger partial charge on any atom is 0.307 e. The van der Waals surface area contributed by atoms with E-state index >= 15 is 0 Å². The Morgan fingerprint density at radius 1 is 1.56 bits per heavy atom. The van der Waals surface area contributed by atoms with Gasteiger partial charge in [-0.05, 0) is 24.7 Å². The summed E-state index contributed by atoms with van der Waals surface area (Å²) >= 11 is 0. The Kier molecular flexibility index (Phi) is 4.49. The van der Waals surface area contributed by atoms with Crippen molar-refractivity contribution in [3.63, 3.8) is 0 Å². The number of carboxylic acids is 1. The van der Waals surface area contributed by atoms with Crippen LogP contribution in [0.3, 0.4) is 0 Å². The summed E-state index contributed by atoms with van der Waals surface area (Å²) in [5.74, 6) is 3.99. The number of hydrogen-bond acceptors (Lipinski definition) is 2. The molecule has 0 bridgehead atoms. The minimum absolute atomic E-state index is 0.124. The van der Waals surface area contributed by atoms with Crippen molar-refractivity contribution in [3.05, 3.63) is 35.1 Å². The maximum atomic E-state index is 13.3. The molecule has 0 aliphatic heterocycles. The highest BCUT2D eigenvalue weighted by molar-refractivity contribution is 5.70. The third kappa shape index (κ3) is 3.71. The fraction of sp³-hybridized carbons (Fsp3) is 0.250. The number of nitrogens with one attached hydrogen (secondary N) is 1. The molecule has 4 heteroatoms. The van der Waals surface area contributed by atoms with E-state index in [2.05, 4.69) is 17.2 Å². The number of rotatable bonds is 3. The Hall–Kier alpha value is -1.86. The third-order valence-corrected chi connectivity index (χ3v) is 1.87. The van der Waals surface area contributed by atoms with Gasteiger partial charge >= 0.3 is 5.97 Å². The fourth-order valence-corrected chi connectivity index (χ4v) is 1.18. The number of carboxylic acid groups (broad SMARTS) is 1. The van der Waals surface area contributed by atoms with Gasteiger partial charge in [-0.3, -0.25) is 4.79 Å². The van der Waals surface area contributed by atoms with E-state index in [4.69, 9.17) is 5.11 Å². The summed E-state index contributed by atoms with van der Waals surface area (Å²) in [6.07, 6.45) is -0.124. The van der Waals surface area contributed by atoms with Crippen molar-refractivity contribution in [2.75, 3.05) is 13.6 Å². The molecule has 0 heterocycles. The zero-order chi connectivity index (χ0) is 12.0. The lowest BCUT2D eigenvalue weighted by Crippen LogP contribution is -2.04. The minimum Gasteiger partial charge on any atom is -0.481 e. The Balaban J connectivity index is 2.91. The van der Waals surface area contributed by atoms with Gasteiger partial charge in [0.1, 0.15) is 5.82 Å². The molecule has 0 unspecified atom stereocenters. The minimum atomic E-state index is -0.944. The summed E-state index contributed by atoms with van der Waals surface area (Å²) in [6.45, 7) is 0.461. The first-order chi connectivity index (χ1) is 7.63. The van der Waals surface area contributed by atoms with Gasteiger partial charge in [0.05, 0.1) is 18.5 Å². The standard InChI is InChI=1S/C12H12FNO2/c1-14-6-2-3-10-7-9(8-12(15)16)4-5-11(10)13/h4-5,7,14H,6,8H2,1H3,(H,15,16). The van der Waals surface area contributed by atoms with E-state index in [1.54, 1.807) is 7.05 Å². The molecule has 16 heavy (non-hydrogen) atoms. The third-order valence-electron chi connectivity index (χ3n) is 1.87. The van der Waals surface area contributed by atoms with E-state index in [9.17, 15) is 9.18 Å². The lowest BCUT2D eigenvalue weighted by molar-refractivity contribution is -0.136. The number of hydrogen-bond donors (Lipinski definition) is 2. The van der Waals surface area contributed by atoms with Gasteiger partial charge in [0.2, 0.25) is 0 Å². The Bertz CT molecular complexity index is 446. The monoisotopic (exact) mass is 221 g/mol. The average molecular weight is 221 g/mol. The fourth-order valence-electron chi connectivity index (χ4n) is 1.18. The molecule has 2 N–H and O–H groups in total. The molecule has 0 spiro atoms. The van der Waals surface area contributed by atoms with Crippen LogP contribution in [0.2, 0.25) is 0 Å². The van der Waals surface area contributed by atoms with Crippen LogP contribution in [-0.4, -0.2) is 24.7 Å². The van der Waals surface area contributed by atoms with Gasteiger partial charge in [-0.25, -0.2) is 4.39 Å². The van der Waals surface area contributed by atoms with Crippen LogP contribution in [-0.2, 0) is 11.2 Å². The van der Waals surface area contributed by atoms with Crippen LogP contribution < -0.4 is 5.32 Å². The molecule has 1 aromatic rings. The van der Waals surface area contributed by atoms with Crippen LogP contribution in [0.1, 0.15) is 11.1 Å². The largest absolute Gasteiger partial charge is 0.481 e. The second-order valence-corrected chi connectivity index (χ2v) is 3.22. The number of aliphatic carboxylic acids is 1. The van der Waals surface area contributed by atoms with Gasteiger partial charge in [-0.15, -0.1) is 0 Å². The Labute approximate surface area is 93.3 Å². The van der Waals surface area contributed by atoms with Crippen LogP contribution in [0.15, 0.2) is 18.2 Å². The predicted molar refractivity (Wildman–Crippen MR) is 58.5 cm³/mol. The molecule has 0 radical (unpaired) electrons. The van der Waals surface area contributed by atoms with Crippen molar-refractivity contribution in [3.8, 4) is 11.8 Å². The molecule has 0 aliphatic carbocycles. The molecule has 0 aliphatic rings. The molecule has 0 atom stereocenters. The number of halogens is 1. The van der Waals surface area contributed by atoms with E-state index in [-0.39, 0.29) is 12.0 Å². The molecule has 0 amide bonds. The summed E-state index contributed by atoms with van der Waals surface area (Å²) < 4.78 is 13.3. The van der Waals surface area contributed by atoms with Crippen molar-refractivity contribution in [2.24, 2.45) is 0 Å². The van der Waals surface area contributed by atoms with Crippen LogP contribution in [0.4, 0.5) is 4.39 Å². The van der Waals surface area contributed by atoms with Gasteiger partial charge in [-0.1, -0.05) is 17.9 Å². The predicted octanol–water partition coefficient (Wildman–Crippen LogP) is 1.02. The van der Waals surface area contributed by atoms with Crippen LogP contribution in [0.5, 0.6) is 0 Å². The van der Waals surface area contributed by atoms with E-state index < -0.39 is 11.8 Å². The summed E-state index contributed by atoms with van der Waals surface area (Å²) in [5, 5.41) is 11.4. The number of carbonyl (C=O) groups is 1. The first kappa shape index (κ1) is 12.2. The van der Waals surface area contributed by atoms with Crippen molar-refractivity contribution < 1.29 is 14.3 Å². The molecule has 3 nitrogen and oxygen atoms in total. The normalized spacial score (nSPS) is 9.38. The van der Waals surface area contributed by atoms with Gasteiger partial charge in [0.25, 0.3) is 0 Å². The van der Waals surface area contributed by atoms with E-state index in [1.165, 1.54) is 18.2 Å². The smallest absolute Gasteiger partial charge is 0.307 e. The molecular formula is C12H12FNO2. The van der Waals surface area contributed by atoms with E-state index in [0.29, 0.717) is 12.1 Å². The SMILES string of the molecule is CNCC#Cc1cc(CC(=O)O)ccc1F. The summed E-state index contributed by atoms with van der Waals surface area (Å²) in [7, 11) is 1.74. The molecule has 0 fully saturated rings.